The summed E-state index contributed by atoms with van der Waals surface area (Å²) in [5.74, 6) is -0.454. The van der Waals surface area contributed by atoms with Gasteiger partial charge in [-0.25, -0.2) is 5.43 Å². The van der Waals surface area contributed by atoms with Gasteiger partial charge in [-0.15, -0.1) is 0 Å². The number of phenols is 1. The molecule has 0 atom stereocenters. The highest BCUT2D eigenvalue weighted by atomic mass is 35.5. The van der Waals surface area contributed by atoms with Crippen molar-refractivity contribution in [3.05, 3.63) is 57.6 Å². The Bertz CT molecular complexity index is 761. The molecule has 0 heterocycles. The van der Waals surface area contributed by atoms with Crippen LogP contribution in [0, 0.1) is 0 Å². The second-order valence-electron chi connectivity index (χ2n) is 4.97. The lowest BCUT2D eigenvalue weighted by Gasteiger charge is -2.12. The number of carbonyl (C=O) groups is 1. The summed E-state index contributed by atoms with van der Waals surface area (Å²) in [7, 11) is 3.79. The Kier molecular flexibility index (Phi) is 5.47. The van der Waals surface area contributed by atoms with Gasteiger partial charge in [0.05, 0.1) is 16.3 Å². The Labute approximate surface area is 144 Å². The summed E-state index contributed by atoms with van der Waals surface area (Å²) in [4.78, 5) is 14.0. The first-order chi connectivity index (χ1) is 10.9. The van der Waals surface area contributed by atoms with Crippen LogP contribution in [-0.4, -0.2) is 31.3 Å². The van der Waals surface area contributed by atoms with E-state index in [0.29, 0.717) is 11.1 Å². The van der Waals surface area contributed by atoms with E-state index in [-0.39, 0.29) is 21.7 Å². The molecule has 0 aliphatic rings. The number of hydrogen-bond acceptors (Lipinski definition) is 4. The third kappa shape index (κ3) is 4.37. The SMILES string of the molecule is CN(C)c1cccc(C(=O)N/N=C/c2cc(Cl)c(O)cc2Cl)c1. The summed E-state index contributed by atoms with van der Waals surface area (Å²) in [6.45, 7) is 0. The fourth-order valence-electron chi connectivity index (χ4n) is 1.80. The quantitative estimate of drug-likeness (QED) is 0.654. The van der Waals surface area contributed by atoms with E-state index in [1.807, 2.05) is 25.1 Å². The van der Waals surface area contributed by atoms with Gasteiger partial charge in [-0.3, -0.25) is 4.79 Å². The number of nitrogens with one attached hydrogen (secondary N) is 1. The smallest absolute Gasteiger partial charge is 0.271 e. The molecule has 7 heteroatoms. The van der Waals surface area contributed by atoms with Crippen LogP contribution in [-0.2, 0) is 0 Å². The molecule has 0 saturated carbocycles. The second-order valence-corrected chi connectivity index (χ2v) is 5.78. The van der Waals surface area contributed by atoms with Gasteiger partial charge < -0.3 is 10.0 Å². The van der Waals surface area contributed by atoms with E-state index in [9.17, 15) is 9.90 Å². The van der Waals surface area contributed by atoms with E-state index in [1.54, 1.807) is 18.2 Å². The lowest BCUT2D eigenvalue weighted by Crippen LogP contribution is -2.18. The van der Waals surface area contributed by atoms with E-state index in [4.69, 9.17) is 23.2 Å². The average molecular weight is 352 g/mol. The van der Waals surface area contributed by atoms with E-state index in [0.717, 1.165) is 5.69 Å². The molecule has 2 rings (SSSR count). The van der Waals surface area contributed by atoms with Gasteiger partial charge in [0.1, 0.15) is 5.75 Å². The van der Waals surface area contributed by atoms with E-state index >= 15 is 0 Å². The van der Waals surface area contributed by atoms with Gasteiger partial charge in [0.15, 0.2) is 0 Å². The molecule has 120 valence electrons. The normalized spacial score (nSPS) is 10.8. The lowest BCUT2D eigenvalue weighted by atomic mass is 10.2. The summed E-state index contributed by atoms with van der Waals surface area (Å²) in [5.41, 5.74) is 4.31. The molecular formula is C16H15Cl2N3O2. The molecule has 5 nitrogen and oxygen atoms in total. The molecule has 2 N–H and O–H groups in total. The Morgan fingerprint density at radius 2 is 1.96 bits per heavy atom. The van der Waals surface area contributed by atoms with Gasteiger partial charge in [-0.05, 0) is 24.3 Å². The van der Waals surface area contributed by atoms with Gasteiger partial charge in [-0.2, -0.15) is 5.10 Å². The van der Waals surface area contributed by atoms with Crippen molar-refractivity contribution in [2.24, 2.45) is 5.10 Å². The first kappa shape index (κ1) is 17.1. The number of carbonyl (C=O) groups excluding carboxylic acids is 1. The van der Waals surface area contributed by atoms with Crippen molar-refractivity contribution in [2.45, 2.75) is 0 Å². The zero-order chi connectivity index (χ0) is 17.0. The van der Waals surface area contributed by atoms with Gasteiger partial charge in [0.25, 0.3) is 5.91 Å². The van der Waals surface area contributed by atoms with Gasteiger partial charge in [0, 0.05) is 37.0 Å². The predicted molar refractivity (Wildman–Crippen MR) is 94.0 cm³/mol. The molecule has 2 aromatic rings. The van der Waals surface area contributed by atoms with Crippen LogP contribution in [0.1, 0.15) is 15.9 Å². The number of hydrazone groups is 1. The third-order valence-corrected chi connectivity index (χ3v) is 3.69. The maximum Gasteiger partial charge on any atom is 0.271 e. The van der Waals surface area contributed by atoms with Crippen molar-refractivity contribution in [2.75, 3.05) is 19.0 Å². The number of aromatic hydroxyl groups is 1. The van der Waals surface area contributed by atoms with Crippen molar-refractivity contribution in [3.8, 4) is 5.75 Å². The topological polar surface area (TPSA) is 64.9 Å². The minimum Gasteiger partial charge on any atom is -0.506 e. The Balaban J connectivity index is 2.10. The van der Waals surface area contributed by atoms with Crippen LogP contribution in [0.15, 0.2) is 41.5 Å². The molecule has 0 aromatic heterocycles. The molecule has 0 fully saturated rings. The summed E-state index contributed by atoms with van der Waals surface area (Å²) in [5, 5.41) is 13.7. The van der Waals surface area contributed by atoms with Crippen molar-refractivity contribution < 1.29 is 9.90 Å². The van der Waals surface area contributed by atoms with E-state index < -0.39 is 0 Å². The van der Waals surface area contributed by atoms with Crippen LogP contribution in [0.5, 0.6) is 5.75 Å². The first-order valence-electron chi connectivity index (χ1n) is 6.67. The van der Waals surface area contributed by atoms with Crippen LogP contribution >= 0.6 is 23.2 Å². The number of rotatable bonds is 4. The highest BCUT2D eigenvalue weighted by Gasteiger charge is 2.07. The van der Waals surface area contributed by atoms with Crippen LogP contribution in [0.3, 0.4) is 0 Å². The highest BCUT2D eigenvalue weighted by molar-refractivity contribution is 6.36. The standard InChI is InChI=1S/C16H15Cl2N3O2/c1-21(2)12-5-3-4-10(6-12)16(23)20-19-9-11-7-14(18)15(22)8-13(11)17/h3-9,22H,1-2H3,(H,20,23)/b19-9+. The van der Waals surface area contributed by atoms with Crippen molar-refractivity contribution in [1.29, 1.82) is 0 Å². The largest absolute Gasteiger partial charge is 0.506 e. The van der Waals surface area contributed by atoms with Crippen LogP contribution in [0.25, 0.3) is 0 Å². The molecule has 2 aromatic carbocycles. The maximum absolute atomic E-state index is 12.1. The maximum atomic E-state index is 12.1. The first-order valence-corrected chi connectivity index (χ1v) is 7.43. The van der Waals surface area contributed by atoms with Crippen molar-refractivity contribution in [3.63, 3.8) is 0 Å². The number of benzene rings is 2. The van der Waals surface area contributed by atoms with Crippen LogP contribution < -0.4 is 10.3 Å². The van der Waals surface area contributed by atoms with Gasteiger partial charge in [0.2, 0.25) is 0 Å². The second kappa shape index (κ2) is 7.35. The van der Waals surface area contributed by atoms with Crippen LogP contribution in [0.4, 0.5) is 5.69 Å². The summed E-state index contributed by atoms with van der Waals surface area (Å²) < 4.78 is 0. The Morgan fingerprint density at radius 3 is 2.65 bits per heavy atom. The lowest BCUT2D eigenvalue weighted by molar-refractivity contribution is 0.0955. The fourth-order valence-corrected chi connectivity index (χ4v) is 2.18. The molecule has 0 unspecified atom stereocenters. The van der Waals surface area contributed by atoms with Crippen molar-refractivity contribution >= 4 is 41.0 Å². The Morgan fingerprint density at radius 1 is 1.22 bits per heavy atom. The monoisotopic (exact) mass is 351 g/mol. The number of halogens is 2. The number of hydrogen-bond donors (Lipinski definition) is 2. The third-order valence-electron chi connectivity index (χ3n) is 3.06. The summed E-state index contributed by atoms with van der Waals surface area (Å²) in [6, 6.07) is 9.93. The zero-order valence-corrected chi connectivity index (χ0v) is 14.1. The molecule has 0 bridgehead atoms. The summed E-state index contributed by atoms with van der Waals surface area (Å²) in [6.07, 6.45) is 1.36. The van der Waals surface area contributed by atoms with Gasteiger partial charge >= 0.3 is 0 Å². The zero-order valence-electron chi connectivity index (χ0n) is 12.5. The van der Waals surface area contributed by atoms with Crippen molar-refractivity contribution in [1.82, 2.24) is 5.43 Å². The van der Waals surface area contributed by atoms with E-state index in [2.05, 4.69) is 10.5 Å². The number of phenolic OH excluding ortho intramolecular Hbond substituents is 1. The molecule has 0 spiro atoms. The number of amides is 1. The number of nitrogens with zero attached hydrogens (tertiary/aromatic N) is 2. The summed E-state index contributed by atoms with van der Waals surface area (Å²) >= 11 is 11.8. The minimum atomic E-state index is -0.342. The molecular weight excluding hydrogens is 337 g/mol. The molecule has 0 radical (unpaired) electrons. The molecule has 0 saturated heterocycles. The Hall–Kier alpha value is -2.24. The van der Waals surface area contributed by atoms with Gasteiger partial charge in [-0.1, -0.05) is 29.3 Å². The predicted octanol–water partition coefficient (Wildman–Crippen LogP) is 3.53. The highest BCUT2D eigenvalue weighted by Crippen LogP contribution is 2.29. The average Bonchev–Trinajstić information content (AvgIpc) is 2.52. The minimum absolute atomic E-state index is 0.113. The molecule has 23 heavy (non-hydrogen) atoms. The fraction of sp³-hybridized carbons (Fsp3) is 0.125. The molecule has 0 aliphatic heterocycles. The molecule has 1 amide bonds. The number of anilines is 1. The molecule has 0 aliphatic carbocycles. The van der Waals surface area contributed by atoms with Crippen LogP contribution in [0.2, 0.25) is 10.0 Å². The van der Waals surface area contributed by atoms with E-state index in [1.165, 1.54) is 18.3 Å².